The summed E-state index contributed by atoms with van der Waals surface area (Å²) in [4.78, 5) is 0. The van der Waals surface area contributed by atoms with Crippen LogP contribution in [0.4, 0.5) is 0 Å². The summed E-state index contributed by atoms with van der Waals surface area (Å²) in [5, 5.41) is 0.972. The van der Waals surface area contributed by atoms with Crippen molar-refractivity contribution in [3.05, 3.63) is 0 Å². The lowest BCUT2D eigenvalue weighted by atomic mass is 9.80. The molecule has 1 atom stereocenters. The highest BCUT2D eigenvalue weighted by Gasteiger charge is 2.35. The van der Waals surface area contributed by atoms with Crippen LogP contribution in [0.1, 0.15) is 51.9 Å². The summed E-state index contributed by atoms with van der Waals surface area (Å²) in [6.45, 7) is 4.06. The Morgan fingerprint density at radius 1 is 1.24 bits per heavy atom. The number of rotatable bonds is 4. The lowest BCUT2D eigenvalue weighted by Crippen LogP contribution is -2.41. The monoisotopic (exact) mass is 304 g/mol. The van der Waals surface area contributed by atoms with Gasteiger partial charge in [0.1, 0.15) is 0 Å². The second kappa shape index (κ2) is 6.53. The van der Waals surface area contributed by atoms with Gasteiger partial charge in [-0.25, -0.2) is 0 Å². The van der Waals surface area contributed by atoms with E-state index >= 15 is 0 Å². The highest BCUT2D eigenvalue weighted by molar-refractivity contribution is 9.09. The van der Waals surface area contributed by atoms with Gasteiger partial charge in [-0.05, 0) is 50.9 Å². The van der Waals surface area contributed by atoms with Crippen LogP contribution in [-0.4, -0.2) is 30.2 Å². The minimum atomic E-state index is 0.0906. The Labute approximate surface area is 114 Å². The molecule has 17 heavy (non-hydrogen) atoms. The average molecular weight is 305 g/mol. The third-order valence-corrected chi connectivity index (χ3v) is 5.30. The van der Waals surface area contributed by atoms with Gasteiger partial charge in [0.25, 0.3) is 0 Å². The van der Waals surface area contributed by atoms with Crippen LogP contribution in [0, 0.1) is 5.92 Å². The lowest BCUT2D eigenvalue weighted by Gasteiger charge is -2.39. The zero-order chi connectivity index (χ0) is 12.1. The summed E-state index contributed by atoms with van der Waals surface area (Å²) in [6, 6.07) is 0. The lowest BCUT2D eigenvalue weighted by molar-refractivity contribution is -0.113. The van der Waals surface area contributed by atoms with Crippen LogP contribution in [0.15, 0.2) is 0 Å². The van der Waals surface area contributed by atoms with Gasteiger partial charge < -0.3 is 9.47 Å². The Morgan fingerprint density at radius 2 is 2.00 bits per heavy atom. The van der Waals surface area contributed by atoms with Gasteiger partial charge in [-0.3, -0.25) is 0 Å². The van der Waals surface area contributed by atoms with Crippen molar-refractivity contribution in [1.82, 2.24) is 0 Å². The highest BCUT2D eigenvalue weighted by Crippen LogP contribution is 2.36. The van der Waals surface area contributed by atoms with E-state index in [1.807, 2.05) is 0 Å². The van der Waals surface area contributed by atoms with Gasteiger partial charge in [-0.2, -0.15) is 0 Å². The van der Waals surface area contributed by atoms with Crippen LogP contribution in [0.2, 0.25) is 0 Å². The number of hydrogen-bond acceptors (Lipinski definition) is 2. The van der Waals surface area contributed by atoms with E-state index in [4.69, 9.17) is 9.47 Å². The molecule has 0 radical (unpaired) electrons. The third kappa shape index (κ3) is 3.93. The Hall–Kier alpha value is 0.400. The van der Waals surface area contributed by atoms with Gasteiger partial charge >= 0.3 is 0 Å². The average Bonchev–Trinajstić information content (AvgIpc) is 2.40. The predicted octanol–water partition coefficient (Wildman–Crippen LogP) is 3.92. The standard InChI is InChI=1S/C14H25BrO2/c1-12-5-7-14(11-15,8-6-12)17-10-13-4-2-3-9-16-13/h12-13H,2-11H2,1H3. The summed E-state index contributed by atoms with van der Waals surface area (Å²) in [5.74, 6) is 0.872. The van der Waals surface area contributed by atoms with Crippen LogP contribution in [-0.2, 0) is 9.47 Å². The quantitative estimate of drug-likeness (QED) is 0.733. The van der Waals surface area contributed by atoms with Crippen molar-refractivity contribution >= 4 is 15.9 Å². The molecule has 0 aromatic rings. The highest BCUT2D eigenvalue weighted by atomic mass is 79.9. The van der Waals surface area contributed by atoms with Crippen LogP contribution >= 0.6 is 15.9 Å². The van der Waals surface area contributed by atoms with Gasteiger partial charge in [0, 0.05) is 11.9 Å². The second-order valence-corrected chi connectivity index (χ2v) is 6.36. The third-order valence-electron chi connectivity index (χ3n) is 4.28. The molecule has 0 amide bonds. The van der Waals surface area contributed by atoms with E-state index in [-0.39, 0.29) is 5.60 Å². The molecule has 1 aliphatic heterocycles. The molecule has 2 rings (SSSR count). The molecule has 0 aromatic heterocycles. The van der Waals surface area contributed by atoms with Crippen molar-refractivity contribution in [3.63, 3.8) is 0 Å². The van der Waals surface area contributed by atoms with Gasteiger partial charge in [-0.15, -0.1) is 0 Å². The molecule has 0 aromatic carbocycles. The van der Waals surface area contributed by atoms with E-state index in [1.54, 1.807) is 0 Å². The van der Waals surface area contributed by atoms with Gasteiger partial charge in [0.05, 0.1) is 18.3 Å². The SMILES string of the molecule is CC1CCC(CBr)(OCC2CCCCO2)CC1. The first-order valence-electron chi connectivity index (χ1n) is 7.06. The van der Waals surface area contributed by atoms with Crippen molar-refractivity contribution in [2.75, 3.05) is 18.5 Å². The molecule has 2 aliphatic rings. The Morgan fingerprint density at radius 3 is 2.59 bits per heavy atom. The number of halogens is 1. The first-order chi connectivity index (χ1) is 8.24. The van der Waals surface area contributed by atoms with Crippen molar-refractivity contribution in [3.8, 4) is 0 Å². The molecule has 0 bridgehead atoms. The molecule has 1 heterocycles. The van der Waals surface area contributed by atoms with E-state index in [9.17, 15) is 0 Å². The number of alkyl halides is 1. The smallest absolute Gasteiger partial charge is 0.0808 e. The molecule has 3 heteroatoms. The summed E-state index contributed by atoms with van der Waals surface area (Å²) in [7, 11) is 0. The van der Waals surface area contributed by atoms with Crippen molar-refractivity contribution in [1.29, 1.82) is 0 Å². The van der Waals surface area contributed by atoms with E-state index in [0.29, 0.717) is 6.10 Å². The summed E-state index contributed by atoms with van der Waals surface area (Å²) in [6.07, 6.45) is 9.05. The summed E-state index contributed by atoms with van der Waals surface area (Å²) >= 11 is 3.65. The molecule has 1 saturated carbocycles. The molecule has 2 nitrogen and oxygen atoms in total. The Kier molecular flexibility index (Phi) is 5.31. The fourth-order valence-electron chi connectivity index (χ4n) is 2.81. The molecule has 2 fully saturated rings. The molecular formula is C14H25BrO2. The molecular weight excluding hydrogens is 280 g/mol. The van der Waals surface area contributed by atoms with Gasteiger partial charge in [0.15, 0.2) is 0 Å². The fraction of sp³-hybridized carbons (Fsp3) is 1.00. The zero-order valence-corrected chi connectivity index (χ0v) is 12.5. The van der Waals surface area contributed by atoms with Gasteiger partial charge in [-0.1, -0.05) is 22.9 Å². The van der Waals surface area contributed by atoms with E-state index in [1.165, 1.54) is 44.9 Å². The normalized spacial score (nSPS) is 39.2. The molecule has 100 valence electrons. The Balaban J connectivity index is 1.78. The maximum absolute atomic E-state index is 6.24. The van der Waals surface area contributed by atoms with Crippen LogP contribution in [0.25, 0.3) is 0 Å². The minimum Gasteiger partial charge on any atom is -0.376 e. The molecule has 0 spiro atoms. The topological polar surface area (TPSA) is 18.5 Å². The van der Waals surface area contributed by atoms with Crippen molar-refractivity contribution < 1.29 is 9.47 Å². The number of ether oxygens (including phenoxy) is 2. The largest absolute Gasteiger partial charge is 0.376 e. The fourth-order valence-corrected chi connectivity index (χ4v) is 3.54. The zero-order valence-electron chi connectivity index (χ0n) is 10.9. The summed E-state index contributed by atoms with van der Waals surface area (Å²) in [5.41, 5.74) is 0.0906. The Bertz CT molecular complexity index is 218. The van der Waals surface area contributed by atoms with Crippen molar-refractivity contribution in [2.24, 2.45) is 5.92 Å². The van der Waals surface area contributed by atoms with Crippen molar-refractivity contribution in [2.45, 2.75) is 63.6 Å². The first kappa shape index (κ1) is 13.8. The maximum Gasteiger partial charge on any atom is 0.0808 e. The molecule has 1 aliphatic carbocycles. The van der Waals surface area contributed by atoms with Crippen LogP contribution < -0.4 is 0 Å². The van der Waals surface area contributed by atoms with Crippen LogP contribution in [0.3, 0.4) is 0 Å². The molecule has 0 N–H and O–H groups in total. The minimum absolute atomic E-state index is 0.0906. The van der Waals surface area contributed by atoms with Gasteiger partial charge in [0.2, 0.25) is 0 Å². The van der Waals surface area contributed by atoms with E-state index in [2.05, 4.69) is 22.9 Å². The maximum atomic E-state index is 6.24. The number of hydrogen-bond donors (Lipinski definition) is 0. The second-order valence-electron chi connectivity index (χ2n) is 5.80. The summed E-state index contributed by atoms with van der Waals surface area (Å²) < 4.78 is 12.0. The predicted molar refractivity (Wildman–Crippen MR) is 73.7 cm³/mol. The van der Waals surface area contributed by atoms with E-state index < -0.39 is 0 Å². The first-order valence-corrected chi connectivity index (χ1v) is 8.18. The van der Waals surface area contributed by atoms with E-state index in [0.717, 1.165) is 24.5 Å². The van der Waals surface area contributed by atoms with Crippen LogP contribution in [0.5, 0.6) is 0 Å². The molecule has 1 unspecified atom stereocenters. The molecule has 1 saturated heterocycles.